The topological polar surface area (TPSA) is 83.7 Å². The first kappa shape index (κ1) is 20.0. The molecule has 1 aromatic heterocycles. The maximum atomic E-state index is 12.4. The highest BCUT2D eigenvalue weighted by molar-refractivity contribution is 6.42. The highest BCUT2D eigenvalue weighted by Gasteiger charge is 2.24. The Morgan fingerprint density at radius 2 is 1.88 bits per heavy atom. The van der Waals surface area contributed by atoms with Gasteiger partial charge in [0, 0.05) is 5.56 Å². The number of halogens is 2. The zero-order valence-corrected chi connectivity index (χ0v) is 16.1. The van der Waals surface area contributed by atoms with E-state index in [4.69, 9.17) is 27.6 Å². The third kappa shape index (κ3) is 5.34. The molecule has 2 amide bonds. The summed E-state index contributed by atoms with van der Waals surface area (Å²) in [4.78, 5) is 24.7. The molecule has 0 radical (unpaired) electrons. The van der Waals surface area contributed by atoms with Crippen LogP contribution in [0.25, 0.3) is 0 Å². The summed E-state index contributed by atoms with van der Waals surface area (Å²) in [5.74, 6) is 0.245. The van der Waals surface area contributed by atoms with Gasteiger partial charge in [-0.15, -0.1) is 0 Å². The Bertz CT molecular complexity index is 831. The van der Waals surface area contributed by atoms with Crippen molar-refractivity contribution >= 4 is 41.2 Å². The molecule has 2 aromatic rings. The monoisotopic (exact) mass is 395 g/mol. The van der Waals surface area contributed by atoms with E-state index in [2.05, 4.69) is 15.8 Å². The van der Waals surface area contributed by atoms with Gasteiger partial charge in [0.2, 0.25) is 0 Å². The van der Waals surface area contributed by atoms with Crippen LogP contribution in [0.5, 0.6) is 0 Å². The first-order chi connectivity index (χ1) is 12.3. The molecule has 6 nitrogen and oxygen atoms in total. The number of aryl methyl sites for hydroxylation is 1. The molecule has 0 spiro atoms. The quantitative estimate of drug-likeness (QED) is 0.576. The van der Waals surface area contributed by atoms with Gasteiger partial charge in [0.1, 0.15) is 17.6 Å². The van der Waals surface area contributed by atoms with Gasteiger partial charge in [0.15, 0.2) is 0 Å². The normalized spacial score (nSPS) is 12.4. The van der Waals surface area contributed by atoms with Gasteiger partial charge in [0.25, 0.3) is 11.8 Å². The molecule has 0 aliphatic heterocycles. The van der Waals surface area contributed by atoms with E-state index in [1.165, 1.54) is 24.4 Å². The van der Waals surface area contributed by atoms with Gasteiger partial charge in [-0.25, -0.2) is 5.43 Å². The second-order valence-corrected chi connectivity index (χ2v) is 6.82. The van der Waals surface area contributed by atoms with Gasteiger partial charge in [-0.3, -0.25) is 9.59 Å². The lowest BCUT2D eigenvalue weighted by atomic mass is 10.0. The second-order valence-electron chi connectivity index (χ2n) is 6.01. The van der Waals surface area contributed by atoms with Gasteiger partial charge in [-0.05, 0) is 43.2 Å². The maximum Gasteiger partial charge on any atom is 0.262 e. The first-order valence-corrected chi connectivity index (χ1v) is 8.68. The summed E-state index contributed by atoms with van der Waals surface area (Å²) in [6.07, 6.45) is 1.39. The predicted octanol–water partition coefficient (Wildman–Crippen LogP) is 3.80. The number of carbonyl (C=O) groups is 2. The lowest BCUT2D eigenvalue weighted by Crippen LogP contribution is -2.48. The largest absolute Gasteiger partial charge is 0.460 e. The fourth-order valence-corrected chi connectivity index (χ4v) is 2.45. The van der Waals surface area contributed by atoms with E-state index < -0.39 is 17.9 Å². The van der Waals surface area contributed by atoms with Crippen LogP contribution in [0.2, 0.25) is 10.0 Å². The van der Waals surface area contributed by atoms with E-state index in [1.54, 1.807) is 12.1 Å². The van der Waals surface area contributed by atoms with Crippen molar-refractivity contribution in [3.63, 3.8) is 0 Å². The van der Waals surface area contributed by atoms with Crippen molar-refractivity contribution in [1.29, 1.82) is 0 Å². The van der Waals surface area contributed by atoms with Crippen molar-refractivity contribution in [2.24, 2.45) is 11.0 Å². The Morgan fingerprint density at radius 3 is 2.46 bits per heavy atom. The summed E-state index contributed by atoms with van der Waals surface area (Å²) in [6.45, 7) is 5.45. The number of hydrogen-bond acceptors (Lipinski definition) is 4. The number of carbonyl (C=O) groups excluding carboxylic acids is 2. The third-order valence-electron chi connectivity index (χ3n) is 3.55. The molecule has 2 N–H and O–H groups in total. The van der Waals surface area contributed by atoms with Crippen LogP contribution in [-0.4, -0.2) is 24.1 Å². The molecule has 1 atom stereocenters. The molecule has 1 heterocycles. The number of benzene rings is 1. The SMILES string of the molecule is Cc1ccc(C=NNC(=O)C(NC(=O)c2ccc(Cl)c(Cl)c2)C(C)C)o1. The van der Waals surface area contributed by atoms with Crippen molar-refractivity contribution in [1.82, 2.24) is 10.7 Å². The van der Waals surface area contributed by atoms with Crippen molar-refractivity contribution in [3.8, 4) is 0 Å². The van der Waals surface area contributed by atoms with Crippen LogP contribution < -0.4 is 10.7 Å². The van der Waals surface area contributed by atoms with E-state index in [1.807, 2.05) is 20.8 Å². The van der Waals surface area contributed by atoms with E-state index in [0.29, 0.717) is 16.3 Å². The fraction of sp³-hybridized carbons (Fsp3) is 0.278. The minimum absolute atomic E-state index is 0.150. The number of hydrogen-bond donors (Lipinski definition) is 2. The van der Waals surface area contributed by atoms with Crippen molar-refractivity contribution < 1.29 is 14.0 Å². The Hall–Kier alpha value is -2.31. The Kier molecular flexibility index (Phi) is 6.83. The van der Waals surface area contributed by atoms with Crippen LogP contribution in [0, 0.1) is 12.8 Å². The average Bonchev–Trinajstić information content (AvgIpc) is 2.99. The molecule has 26 heavy (non-hydrogen) atoms. The molecule has 0 aliphatic carbocycles. The van der Waals surface area contributed by atoms with Crippen molar-refractivity contribution in [2.45, 2.75) is 26.8 Å². The summed E-state index contributed by atoms with van der Waals surface area (Å²) >= 11 is 11.8. The number of furan rings is 1. The van der Waals surface area contributed by atoms with E-state index in [0.717, 1.165) is 5.76 Å². The predicted molar refractivity (Wildman–Crippen MR) is 102 cm³/mol. The Balaban J connectivity index is 2.02. The van der Waals surface area contributed by atoms with Gasteiger partial charge in [-0.2, -0.15) is 5.10 Å². The van der Waals surface area contributed by atoms with Crippen LogP contribution in [0.3, 0.4) is 0 Å². The molecule has 0 fully saturated rings. The number of nitrogens with zero attached hydrogens (tertiary/aromatic N) is 1. The molecule has 2 rings (SSSR count). The van der Waals surface area contributed by atoms with Crippen molar-refractivity contribution in [2.75, 3.05) is 0 Å². The van der Waals surface area contributed by atoms with Crippen LogP contribution in [-0.2, 0) is 4.79 Å². The first-order valence-electron chi connectivity index (χ1n) is 7.93. The van der Waals surface area contributed by atoms with Crippen molar-refractivity contribution in [3.05, 3.63) is 57.5 Å². The summed E-state index contributed by atoms with van der Waals surface area (Å²) < 4.78 is 5.32. The number of rotatable bonds is 6. The highest BCUT2D eigenvalue weighted by atomic mass is 35.5. The molecule has 1 aromatic carbocycles. The Labute approximate surface area is 161 Å². The van der Waals surface area contributed by atoms with Crippen LogP contribution in [0.1, 0.15) is 35.7 Å². The summed E-state index contributed by atoms with van der Waals surface area (Å²) in [5.41, 5.74) is 2.72. The molecule has 0 saturated carbocycles. The molecule has 0 bridgehead atoms. The standard InChI is InChI=1S/C18H19Cl2N3O3/c1-10(2)16(18(25)23-21-9-13-6-4-11(3)26-13)22-17(24)12-5-7-14(19)15(20)8-12/h4-10,16H,1-3H3,(H,22,24)(H,23,25). The van der Waals surface area contributed by atoms with Gasteiger partial charge in [0.05, 0.1) is 16.3 Å². The number of amides is 2. The smallest absolute Gasteiger partial charge is 0.262 e. The molecular weight excluding hydrogens is 377 g/mol. The van der Waals surface area contributed by atoms with E-state index >= 15 is 0 Å². The van der Waals surface area contributed by atoms with Gasteiger partial charge < -0.3 is 9.73 Å². The number of hydrazone groups is 1. The van der Waals surface area contributed by atoms with Crippen LogP contribution >= 0.6 is 23.2 Å². The molecule has 0 aliphatic rings. The molecule has 8 heteroatoms. The van der Waals surface area contributed by atoms with Crippen LogP contribution in [0.15, 0.2) is 39.9 Å². The molecule has 0 saturated heterocycles. The van der Waals surface area contributed by atoms with Gasteiger partial charge in [-0.1, -0.05) is 37.0 Å². The highest BCUT2D eigenvalue weighted by Crippen LogP contribution is 2.22. The molecular formula is C18H19Cl2N3O3. The molecule has 1 unspecified atom stereocenters. The number of nitrogens with one attached hydrogen (secondary N) is 2. The maximum absolute atomic E-state index is 12.4. The average molecular weight is 396 g/mol. The van der Waals surface area contributed by atoms with Crippen LogP contribution in [0.4, 0.5) is 0 Å². The zero-order valence-electron chi connectivity index (χ0n) is 14.5. The summed E-state index contributed by atoms with van der Waals surface area (Å²) in [5, 5.41) is 7.16. The third-order valence-corrected chi connectivity index (χ3v) is 4.28. The summed E-state index contributed by atoms with van der Waals surface area (Å²) in [6, 6.07) is 7.27. The second kappa shape index (κ2) is 8.87. The lowest BCUT2D eigenvalue weighted by Gasteiger charge is -2.20. The fourth-order valence-electron chi connectivity index (χ4n) is 2.15. The summed E-state index contributed by atoms with van der Waals surface area (Å²) in [7, 11) is 0. The van der Waals surface area contributed by atoms with Gasteiger partial charge >= 0.3 is 0 Å². The minimum Gasteiger partial charge on any atom is -0.460 e. The minimum atomic E-state index is -0.771. The lowest BCUT2D eigenvalue weighted by molar-refractivity contribution is -0.123. The zero-order chi connectivity index (χ0) is 19.3. The molecule has 138 valence electrons. The van der Waals surface area contributed by atoms with E-state index in [-0.39, 0.29) is 10.9 Å². The Morgan fingerprint density at radius 1 is 1.15 bits per heavy atom. The van der Waals surface area contributed by atoms with E-state index in [9.17, 15) is 9.59 Å².